The fraction of sp³-hybridized carbons (Fsp3) is 0.500. The van der Waals surface area contributed by atoms with E-state index in [4.69, 9.17) is 15.2 Å². The number of methoxy groups -OCH3 is 1. The van der Waals surface area contributed by atoms with Crippen LogP contribution in [0.1, 0.15) is 54.4 Å². The van der Waals surface area contributed by atoms with Gasteiger partial charge >= 0.3 is 18.4 Å². The van der Waals surface area contributed by atoms with Crippen LogP contribution in [-0.2, 0) is 39.8 Å². The second-order valence-corrected chi connectivity index (χ2v) is 10.9. The number of ether oxygens (including phenoxy) is 2. The summed E-state index contributed by atoms with van der Waals surface area (Å²) in [6, 6.07) is 7.09. The van der Waals surface area contributed by atoms with Crippen LogP contribution < -0.4 is 10.5 Å². The lowest BCUT2D eigenvalue weighted by atomic mass is 10.0. The van der Waals surface area contributed by atoms with Crippen molar-refractivity contribution >= 4 is 17.9 Å². The molecule has 2 fully saturated rings. The molecule has 0 aromatic heterocycles. The van der Waals surface area contributed by atoms with Crippen LogP contribution in [0.25, 0.3) is 0 Å². The van der Waals surface area contributed by atoms with E-state index in [0.29, 0.717) is 37.3 Å². The van der Waals surface area contributed by atoms with Crippen LogP contribution in [0.4, 0.5) is 31.1 Å². The second-order valence-electron chi connectivity index (χ2n) is 10.9. The molecule has 2 aromatic rings. The third-order valence-corrected chi connectivity index (χ3v) is 7.76. The number of carbonyl (C=O) groups excluding carboxylic acids is 3. The standard InChI is InChI=1S/C30H34F6N4O5/c1-44-23-7-4-6-19(14-23)16-38-17-25-39(11-5-9-26(41)40(25)24(27(38)42)8-2-3-10-37)28(43)45-18-20-12-21(29(31,32)33)15-22(13-20)30(34,35)36/h4,6-7,12-15,24-25H,2-3,5,8-11,16-18,37H2,1H3/t24-,25+/m0/s1. The smallest absolute Gasteiger partial charge is 0.416 e. The van der Waals surface area contributed by atoms with Crippen molar-refractivity contribution in [3.63, 3.8) is 0 Å². The Balaban J connectivity index is 1.62. The highest BCUT2D eigenvalue weighted by atomic mass is 19.4. The summed E-state index contributed by atoms with van der Waals surface area (Å²) >= 11 is 0. The Labute approximate surface area is 255 Å². The van der Waals surface area contributed by atoms with E-state index < -0.39 is 54.0 Å². The normalized spacial score (nSPS) is 19.3. The highest BCUT2D eigenvalue weighted by molar-refractivity contribution is 5.90. The minimum atomic E-state index is -5.06. The predicted octanol–water partition coefficient (Wildman–Crippen LogP) is 5.16. The summed E-state index contributed by atoms with van der Waals surface area (Å²) < 4.78 is 90.6. The Kier molecular flexibility index (Phi) is 10.5. The van der Waals surface area contributed by atoms with Gasteiger partial charge in [-0.2, -0.15) is 26.3 Å². The molecule has 0 aliphatic carbocycles. The molecule has 0 saturated carbocycles. The third-order valence-electron chi connectivity index (χ3n) is 7.76. The minimum absolute atomic E-state index is 0.00956. The monoisotopic (exact) mass is 644 g/mol. The maximum absolute atomic E-state index is 13.8. The van der Waals surface area contributed by atoms with E-state index in [-0.39, 0.29) is 56.8 Å². The number of nitrogens with zero attached hydrogens (tertiary/aromatic N) is 3. The van der Waals surface area contributed by atoms with Gasteiger partial charge in [0, 0.05) is 19.5 Å². The summed E-state index contributed by atoms with van der Waals surface area (Å²) in [4.78, 5) is 44.6. The number of halogens is 6. The molecule has 15 heteroatoms. The zero-order chi connectivity index (χ0) is 32.9. The first-order valence-corrected chi connectivity index (χ1v) is 14.4. The Morgan fingerprint density at radius 2 is 1.67 bits per heavy atom. The van der Waals surface area contributed by atoms with Gasteiger partial charge in [0.05, 0.1) is 24.8 Å². The summed E-state index contributed by atoms with van der Waals surface area (Å²) in [5.74, 6) is -0.107. The van der Waals surface area contributed by atoms with Gasteiger partial charge < -0.3 is 25.0 Å². The third kappa shape index (κ3) is 8.18. The molecule has 2 saturated heterocycles. The molecule has 2 aliphatic heterocycles. The lowest BCUT2D eigenvalue weighted by Crippen LogP contribution is -2.67. The highest BCUT2D eigenvalue weighted by Crippen LogP contribution is 2.37. The van der Waals surface area contributed by atoms with E-state index in [0.717, 1.165) is 5.56 Å². The summed E-state index contributed by atoms with van der Waals surface area (Å²) in [6.07, 6.45) is -10.5. The fourth-order valence-electron chi connectivity index (χ4n) is 5.60. The second kappa shape index (κ2) is 14.0. The Morgan fingerprint density at radius 3 is 2.29 bits per heavy atom. The average Bonchev–Trinajstić information content (AvgIpc) is 3.15. The van der Waals surface area contributed by atoms with E-state index in [1.165, 1.54) is 21.8 Å². The van der Waals surface area contributed by atoms with Crippen LogP contribution in [0.5, 0.6) is 5.75 Å². The number of unbranched alkanes of at least 4 members (excludes halogenated alkanes) is 1. The number of carbonyl (C=O) groups is 3. The number of alkyl halides is 6. The molecule has 2 N–H and O–H groups in total. The van der Waals surface area contributed by atoms with E-state index in [9.17, 15) is 40.7 Å². The van der Waals surface area contributed by atoms with Crippen LogP contribution in [0.3, 0.4) is 0 Å². The lowest BCUT2D eigenvalue weighted by molar-refractivity contribution is -0.161. The van der Waals surface area contributed by atoms with Gasteiger partial charge in [0.15, 0.2) is 0 Å². The Bertz CT molecular complexity index is 1350. The molecule has 2 aromatic carbocycles. The van der Waals surface area contributed by atoms with Crippen molar-refractivity contribution in [2.45, 2.75) is 69.8 Å². The van der Waals surface area contributed by atoms with E-state index in [2.05, 4.69) is 0 Å². The zero-order valence-corrected chi connectivity index (χ0v) is 24.5. The first kappa shape index (κ1) is 33.9. The van der Waals surface area contributed by atoms with Crippen molar-refractivity contribution < 1.29 is 50.2 Å². The molecule has 2 heterocycles. The van der Waals surface area contributed by atoms with Gasteiger partial charge in [0.2, 0.25) is 11.8 Å². The first-order chi connectivity index (χ1) is 21.2. The number of rotatable bonds is 9. The molecule has 2 atom stereocenters. The fourth-order valence-corrected chi connectivity index (χ4v) is 5.60. The van der Waals surface area contributed by atoms with Gasteiger partial charge in [-0.05, 0) is 73.7 Å². The lowest BCUT2D eigenvalue weighted by Gasteiger charge is -2.48. The summed E-state index contributed by atoms with van der Waals surface area (Å²) in [6.45, 7) is -0.453. The van der Waals surface area contributed by atoms with Crippen molar-refractivity contribution in [3.8, 4) is 5.75 Å². The van der Waals surface area contributed by atoms with Gasteiger partial charge in [0.25, 0.3) is 0 Å². The van der Waals surface area contributed by atoms with Crippen LogP contribution in [0, 0.1) is 0 Å². The molecule has 0 unspecified atom stereocenters. The topological polar surface area (TPSA) is 105 Å². The molecule has 0 bridgehead atoms. The maximum atomic E-state index is 13.8. The molecule has 3 amide bonds. The molecule has 2 aliphatic rings. The van der Waals surface area contributed by atoms with E-state index in [1.807, 2.05) is 0 Å². The van der Waals surface area contributed by atoms with E-state index in [1.54, 1.807) is 24.3 Å². The van der Waals surface area contributed by atoms with Crippen molar-refractivity contribution in [1.29, 1.82) is 0 Å². The molecule has 0 radical (unpaired) electrons. The number of amides is 3. The van der Waals surface area contributed by atoms with Crippen LogP contribution in [0.15, 0.2) is 42.5 Å². The quantitative estimate of drug-likeness (QED) is 0.299. The predicted molar refractivity (Wildman–Crippen MR) is 148 cm³/mol. The highest BCUT2D eigenvalue weighted by Gasteiger charge is 2.47. The molecule has 4 rings (SSSR count). The van der Waals surface area contributed by atoms with Gasteiger partial charge in [-0.25, -0.2) is 4.79 Å². The molecular weight excluding hydrogens is 610 g/mol. The number of fused-ring (bicyclic) bond motifs is 1. The molecule has 45 heavy (non-hydrogen) atoms. The summed E-state index contributed by atoms with van der Waals surface area (Å²) in [5, 5.41) is 0. The molecule has 246 valence electrons. The molecule has 0 spiro atoms. The SMILES string of the molecule is COc1cccc(CN2C[C@@H]3N(C(=O)OCc4cc(C(F)(F)F)cc(C(F)(F)F)c4)CCCC(=O)N3[C@@H](CCCCN)C2=O)c1. The first-order valence-electron chi connectivity index (χ1n) is 14.4. The number of benzene rings is 2. The average molecular weight is 645 g/mol. The Hall–Kier alpha value is -4.01. The van der Waals surface area contributed by atoms with Crippen LogP contribution in [0.2, 0.25) is 0 Å². The Morgan fingerprint density at radius 1 is 0.978 bits per heavy atom. The number of hydrogen-bond donors (Lipinski definition) is 1. The largest absolute Gasteiger partial charge is 0.497 e. The number of piperazine rings is 1. The van der Waals surface area contributed by atoms with Crippen molar-refractivity contribution in [2.24, 2.45) is 5.73 Å². The molecule has 9 nitrogen and oxygen atoms in total. The van der Waals surface area contributed by atoms with E-state index >= 15 is 0 Å². The van der Waals surface area contributed by atoms with Crippen LogP contribution >= 0.6 is 0 Å². The van der Waals surface area contributed by atoms with Crippen molar-refractivity contribution in [1.82, 2.24) is 14.7 Å². The van der Waals surface area contributed by atoms with Gasteiger partial charge in [-0.15, -0.1) is 0 Å². The summed E-state index contributed by atoms with van der Waals surface area (Å²) in [5.41, 5.74) is 2.81. The number of nitrogens with two attached hydrogens (primary N) is 1. The molecular formula is C30H34F6N4O5. The minimum Gasteiger partial charge on any atom is -0.497 e. The van der Waals surface area contributed by atoms with Gasteiger partial charge in [0.1, 0.15) is 24.6 Å². The van der Waals surface area contributed by atoms with Gasteiger partial charge in [-0.3, -0.25) is 14.5 Å². The van der Waals surface area contributed by atoms with Crippen molar-refractivity contribution in [2.75, 3.05) is 26.7 Å². The van der Waals surface area contributed by atoms with Crippen LogP contribution in [-0.4, -0.2) is 71.6 Å². The van der Waals surface area contributed by atoms with Crippen molar-refractivity contribution in [3.05, 3.63) is 64.7 Å². The summed E-state index contributed by atoms with van der Waals surface area (Å²) in [7, 11) is 1.50. The number of hydrogen-bond acceptors (Lipinski definition) is 6. The van der Waals surface area contributed by atoms with Gasteiger partial charge in [-0.1, -0.05) is 12.1 Å². The maximum Gasteiger partial charge on any atom is 0.416 e. The zero-order valence-electron chi connectivity index (χ0n) is 24.5.